The molecule has 1 aromatic carbocycles. The van der Waals surface area contributed by atoms with E-state index in [0.717, 1.165) is 0 Å². The van der Waals surface area contributed by atoms with Gasteiger partial charge in [-0.3, -0.25) is 0 Å². The van der Waals surface area contributed by atoms with Crippen molar-refractivity contribution >= 4 is 40.9 Å². The van der Waals surface area contributed by atoms with E-state index in [-0.39, 0.29) is 0 Å². The Labute approximate surface area is 132 Å². The summed E-state index contributed by atoms with van der Waals surface area (Å²) >= 11 is 12.0. The number of halogens is 2. The van der Waals surface area contributed by atoms with Crippen molar-refractivity contribution in [3.63, 3.8) is 0 Å². The molecule has 0 aliphatic carbocycles. The second-order valence-electron chi connectivity index (χ2n) is 4.97. The van der Waals surface area contributed by atoms with Crippen LogP contribution < -0.4 is 5.32 Å². The van der Waals surface area contributed by atoms with Gasteiger partial charge in [0.2, 0.25) is 0 Å². The number of carbonyl (C=O) groups is 2. The lowest BCUT2D eigenvalue weighted by Gasteiger charge is -2.34. The number of amides is 2. The van der Waals surface area contributed by atoms with Gasteiger partial charge in [-0.05, 0) is 31.4 Å². The number of urea groups is 1. The predicted octanol–water partition coefficient (Wildman–Crippen LogP) is 3.85. The van der Waals surface area contributed by atoms with Crippen molar-refractivity contribution in [1.29, 1.82) is 0 Å². The molecule has 2 amide bonds. The van der Waals surface area contributed by atoms with Gasteiger partial charge in [-0.2, -0.15) is 0 Å². The van der Waals surface area contributed by atoms with Crippen molar-refractivity contribution in [2.45, 2.75) is 31.7 Å². The number of carbonyl (C=O) groups excluding carboxylic acids is 1. The number of nitrogens with one attached hydrogen (secondary N) is 1. The van der Waals surface area contributed by atoms with Gasteiger partial charge in [-0.1, -0.05) is 36.2 Å². The molecule has 1 atom stereocenters. The van der Waals surface area contributed by atoms with Crippen LogP contribution in [0, 0.1) is 0 Å². The number of para-hydroxylation sites is 1. The fourth-order valence-corrected chi connectivity index (χ4v) is 3.20. The topological polar surface area (TPSA) is 69.6 Å². The van der Waals surface area contributed by atoms with Gasteiger partial charge in [-0.15, -0.1) is 0 Å². The molecule has 21 heavy (non-hydrogen) atoms. The van der Waals surface area contributed by atoms with E-state index in [9.17, 15) is 14.7 Å². The quantitative estimate of drug-likeness (QED) is 0.884. The first-order valence-electron chi connectivity index (χ1n) is 6.68. The summed E-state index contributed by atoms with van der Waals surface area (Å²) in [6, 6.07) is 4.39. The summed E-state index contributed by atoms with van der Waals surface area (Å²) in [6.45, 7) is 2.16. The summed E-state index contributed by atoms with van der Waals surface area (Å²) in [5, 5.41) is 12.7. The highest BCUT2D eigenvalue weighted by molar-refractivity contribution is 6.39. The van der Waals surface area contributed by atoms with E-state index in [4.69, 9.17) is 23.2 Å². The zero-order valence-corrected chi connectivity index (χ0v) is 13.0. The van der Waals surface area contributed by atoms with Gasteiger partial charge < -0.3 is 15.3 Å². The van der Waals surface area contributed by atoms with Gasteiger partial charge in [0.1, 0.15) is 5.54 Å². The Morgan fingerprint density at radius 2 is 2.00 bits per heavy atom. The fourth-order valence-electron chi connectivity index (χ4n) is 2.71. The summed E-state index contributed by atoms with van der Waals surface area (Å²) in [7, 11) is 0. The number of carboxylic acids is 1. The summed E-state index contributed by atoms with van der Waals surface area (Å²) in [4.78, 5) is 25.4. The van der Waals surface area contributed by atoms with Crippen molar-refractivity contribution in [2.24, 2.45) is 0 Å². The molecule has 114 valence electrons. The third-order valence-corrected chi connectivity index (χ3v) is 4.54. The summed E-state index contributed by atoms with van der Waals surface area (Å²) in [5.41, 5.74) is -0.856. The average Bonchev–Trinajstić information content (AvgIpc) is 2.88. The molecule has 2 rings (SSSR count). The first-order valence-corrected chi connectivity index (χ1v) is 7.44. The van der Waals surface area contributed by atoms with Gasteiger partial charge >= 0.3 is 12.0 Å². The summed E-state index contributed by atoms with van der Waals surface area (Å²) in [6.07, 6.45) is 1.46. The van der Waals surface area contributed by atoms with Gasteiger partial charge in [-0.25, -0.2) is 9.59 Å². The summed E-state index contributed by atoms with van der Waals surface area (Å²) in [5.74, 6) is -0.983. The predicted molar refractivity (Wildman–Crippen MR) is 82.1 cm³/mol. The van der Waals surface area contributed by atoms with Crippen LogP contribution in [-0.4, -0.2) is 34.1 Å². The lowest BCUT2D eigenvalue weighted by molar-refractivity contribution is -0.148. The van der Waals surface area contributed by atoms with Crippen molar-refractivity contribution in [3.05, 3.63) is 28.2 Å². The molecule has 0 aromatic heterocycles. The fraction of sp³-hybridized carbons (Fsp3) is 0.429. The minimum atomic E-state index is -1.15. The Hall–Kier alpha value is -1.46. The average molecular weight is 331 g/mol. The van der Waals surface area contributed by atoms with Gasteiger partial charge in [0.15, 0.2) is 0 Å². The maximum absolute atomic E-state index is 12.4. The van der Waals surface area contributed by atoms with E-state index >= 15 is 0 Å². The SMILES string of the molecule is CCC1(C(=O)O)CCCN1C(=O)Nc1c(Cl)cccc1Cl. The monoisotopic (exact) mass is 330 g/mol. The molecule has 0 bridgehead atoms. The number of carboxylic acid groups (broad SMARTS) is 1. The number of hydrogen-bond acceptors (Lipinski definition) is 2. The Kier molecular flexibility index (Phi) is 4.64. The van der Waals surface area contributed by atoms with Crippen molar-refractivity contribution in [3.8, 4) is 0 Å². The van der Waals surface area contributed by atoms with E-state index in [0.29, 0.717) is 41.5 Å². The lowest BCUT2D eigenvalue weighted by Crippen LogP contribution is -2.54. The van der Waals surface area contributed by atoms with Crippen molar-refractivity contribution in [1.82, 2.24) is 4.90 Å². The van der Waals surface area contributed by atoms with Crippen molar-refractivity contribution < 1.29 is 14.7 Å². The molecule has 1 unspecified atom stereocenters. The molecule has 7 heteroatoms. The van der Waals surface area contributed by atoms with Crippen LogP contribution in [0.5, 0.6) is 0 Å². The second kappa shape index (κ2) is 6.12. The zero-order chi connectivity index (χ0) is 15.6. The molecule has 1 aliphatic rings. The molecule has 1 heterocycles. The van der Waals surface area contributed by atoms with E-state index < -0.39 is 17.5 Å². The van der Waals surface area contributed by atoms with Crippen LogP contribution in [0.1, 0.15) is 26.2 Å². The largest absolute Gasteiger partial charge is 0.479 e. The number of rotatable bonds is 3. The number of hydrogen-bond donors (Lipinski definition) is 2. The minimum absolute atomic E-state index is 0.299. The van der Waals surface area contributed by atoms with E-state index in [2.05, 4.69) is 5.32 Å². The number of anilines is 1. The van der Waals surface area contributed by atoms with Crippen LogP contribution in [0.25, 0.3) is 0 Å². The minimum Gasteiger partial charge on any atom is -0.479 e. The third-order valence-electron chi connectivity index (χ3n) is 3.91. The molecule has 0 spiro atoms. The van der Waals surface area contributed by atoms with E-state index in [1.807, 2.05) is 0 Å². The molecule has 1 saturated heterocycles. The Bertz CT molecular complexity index is 559. The highest BCUT2D eigenvalue weighted by Crippen LogP contribution is 2.35. The molecular weight excluding hydrogens is 315 g/mol. The van der Waals surface area contributed by atoms with Crippen LogP contribution in [0.15, 0.2) is 18.2 Å². The first kappa shape index (κ1) is 15.9. The number of nitrogens with zero attached hydrogens (tertiary/aromatic N) is 1. The van der Waals surface area contributed by atoms with Gasteiger partial charge in [0, 0.05) is 6.54 Å². The lowest BCUT2D eigenvalue weighted by atomic mass is 9.93. The number of aliphatic carboxylic acids is 1. The molecule has 1 aliphatic heterocycles. The van der Waals surface area contributed by atoms with Crippen molar-refractivity contribution in [2.75, 3.05) is 11.9 Å². The van der Waals surface area contributed by atoms with Gasteiger partial charge in [0.05, 0.1) is 15.7 Å². The molecule has 1 aromatic rings. The molecule has 0 saturated carbocycles. The van der Waals surface area contributed by atoms with Crippen LogP contribution in [0.4, 0.5) is 10.5 Å². The van der Waals surface area contributed by atoms with Gasteiger partial charge in [0.25, 0.3) is 0 Å². The maximum Gasteiger partial charge on any atom is 0.329 e. The smallest absolute Gasteiger partial charge is 0.329 e. The second-order valence-corrected chi connectivity index (χ2v) is 5.79. The normalized spacial score (nSPS) is 21.4. The molecule has 2 N–H and O–H groups in total. The molecule has 1 fully saturated rings. The Balaban J connectivity index is 2.26. The third kappa shape index (κ3) is 2.80. The highest BCUT2D eigenvalue weighted by atomic mass is 35.5. The Morgan fingerprint density at radius 1 is 1.38 bits per heavy atom. The van der Waals surface area contributed by atoms with E-state index in [1.54, 1.807) is 25.1 Å². The summed E-state index contributed by atoms with van der Waals surface area (Å²) < 4.78 is 0. The van der Waals surface area contributed by atoms with Crippen LogP contribution in [0.3, 0.4) is 0 Å². The zero-order valence-electron chi connectivity index (χ0n) is 11.5. The molecule has 0 radical (unpaired) electrons. The van der Waals surface area contributed by atoms with Crippen LogP contribution in [-0.2, 0) is 4.79 Å². The van der Waals surface area contributed by atoms with Crippen LogP contribution in [0.2, 0.25) is 10.0 Å². The first-order chi connectivity index (χ1) is 9.92. The number of benzene rings is 1. The van der Waals surface area contributed by atoms with E-state index in [1.165, 1.54) is 4.90 Å². The standard InChI is InChI=1S/C14H16Cl2N2O3/c1-2-14(12(19)20)7-4-8-18(14)13(21)17-11-9(15)5-3-6-10(11)16/h3,5-6H,2,4,7-8H2,1H3,(H,17,21)(H,19,20). The van der Waals surface area contributed by atoms with Crippen LogP contribution >= 0.6 is 23.2 Å². The highest BCUT2D eigenvalue weighted by Gasteiger charge is 2.48. The molecule has 5 nitrogen and oxygen atoms in total. The maximum atomic E-state index is 12.4. The Morgan fingerprint density at radius 3 is 2.52 bits per heavy atom. The number of likely N-dealkylation sites (tertiary alicyclic amines) is 1. The molecular formula is C14H16Cl2N2O3.